The minimum Gasteiger partial charge on any atom is -0.369 e. The van der Waals surface area contributed by atoms with Crippen LogP contribution in [0.1, 0.15) is 31.9 Å². The molecule has 2 rings (SSSR count). The molecular weight excluding hydrogens is 220 g/mol. The topological polar surface area (TPSA) is 6.48 Å². The van der Waals surface area contributed by atoms with E-state index in [4.69, 9.17) is 0 Å². The Balaban J connectivity index is 2.05. The first-order chi connectivity index (χ1) is 8.36. The van der Waals surface area contributed by atoms with Gasteiger partial charge in [-0.15, -0.1) is 0 Å². The molecule has 1 aliphatic heterocycles. The highest BCUT2D eigenvalue weighted by Crippen LogP contribution is 2.22. The van der Waals surface area contributed by atoms with E-state index < -0.39 is 0 Å². The van der Waals surface area contributed by atoms with Gasteiger partial charge in [-0.3, -0.25) is 4.90 Å². The van der Waals surface area contributed by atoms with Crippen LogP contribution >= 0.6 is 0 Å². The molecule has 1 aromatic carbocycles. The molecule has 1 heterocycles. The zero-order chi connectivity index (χ0) is 13.3. The van der Waals surface area contributed by atoms with E-state index in [0.29, 0.717) is 5.54 Å². The maximum Gasteiger partial charge on any atom is 0.0372 e. The predicted octanol–water partition coefficient (Wildman–Crippen LogP) is 3.22. The number of rotatable bonds is 1. The van der Waals surface area contributed by atoms with E-state index in [0.717, 1.165) is 26.2 Å². The van der Waals surface area contributed by atoms with Gasteiger partial charge in [-0.25, -0.2) is 0 Å². The molecular formula is C16H26N2. The van der Waals surface area contributed by atoms with Crippen LogP contribution in [0.5, 0.6) is 0 Å². The highest BCUT2D eigenvalue weighted by molar-refractivity contribution is 5.51. The second-order valence-corrected chi connectivity index (χ2v) is 6.49. The first-order valence-corrected chi connectivity index (χ1v) is 6.94. The lowest BCUT2D eigenvalue weighted by Crippen LogP contribution is -2.53. The first-order valence-electron chi connectivity index (χ1n) is 6.94. The summed E-state index contributed by atoms with van der Waals surface area (Å²) in [5, 5.41) is 0. The fourth-order valence-electron chi connectivity index (χ4n) is 2.77. The summed E-state index contributed by atoms with van der Waals surface area (Å²) >= 11 is 0. The Morgan fingerprint density at radius 2 is 1.33 bits per heavy atom. The summed E-state index contributed by atoms with van der Waals surface area (Å²) in [7, 11) is 0. The van der Waals surface area contributed by atoms with Crippen molar-refractivity contribution in [2.45, 2.75) is 40.2 Å². The van der Waals surface area contributed by atoms with Gasteiger partial charge >= 0.3 is 0 Å². The van der Waals surface area contributed by atoms with Crippen LogP contribution in [0, 0.1) is 13.8 Å². The van der Waals surface area contributed by atoms with E-state index in [-0.39, 0.29) is 0 Å². The standard InChI is InChI=1S/C16H26N2/c1-13-10-14(2)12-15(11-13)17-6-8-18(9-7-17)16(3,4)5/h10-12H,6-9H2,1-5H3. The molecule has 1 aromatic rings. The van der Waals surface area contributed by atoms with E-state index in [1.54, 1.807) is 0 Å². The molecule has 0 radical (unpaired) electrons. The van der Waals surface area contributed by atoms with Crippen LogP contribution in [0.2, 0.25) is 0 Å². The van der Waals surface area contributed by atoms with Crippen LogP contribution in [0.3, 0.4) is 0 Å². The quantitative estimate of drug-likeness (QED) is 0.750. The molecule has 18 heavy (non-hydrogen) atoms. The SMILES string of the molecule is Cc1cc(C)cc(N2CCN(C(C)(C)C)CC2)c1. The number of aryl methyl sites for hydroxylation is 2. The van der Waals surface area contributed by atoms with Gasteiger partial charge in [0, 0.05) is 37.4 Å². The number of piperazine rings is 1. The molecule has 1 aliphatic rings. The molecule has 0 spiro atoms. The number of hydrogen-bond donors (Lipinski definition) is 0. The molecule has 0 atom stereocenters. The summed E-state index contributed by atoms with van der Waals surface area (Å²) in [6.45, 7) is 15.9. The normalized spacial score (nSPS) is 18.2. The summed E-state index contributed by atoms with van der Waals surface area (Å²) < 4.78 is 0. The average molecular weight is 246 g/mol. The van der Waals surface area contributed by atoms with Crippen molar-refractivity contribution in [1.82, 2.24) is 4.90 Å². The zero-order valence-corrected chi connectivity index (χ0v) is 12.5. The van der Waals surface area contributed by atoms with E-state index in [1.807, 2.05) is 0 Å². The first kappa shape index (κ1) is 13.4. The van der Waals surface area contributed by atoms with E-state index in [9.17, 15) is 0 Å². The molecule has 0 aliphatic carbocycles. The predicted molar refractivity (Wildman–Crippen MR) is 79.5 cm³/mol. The molecule has 0 amide bonds. The van der Waals surface area contributed by atoms with Crippen molar-refractivity contribution >= 4 is 5.69 Å². The van der Waals surface area contributed by atoms with Gasteiger partial charge in [0.2, 0.25) is 0 Å². The minimum absolute atomic E-state index is 0.300. The maximum absolute atomic E-state index is 2.58. The molecule has 1 saturated heterocycles. The minimum atomic E-state index is 0.300. The van der Waals surface area contributed by atoms with Gasteiger partial charge in [0.1, 0.15) is 0 Å². The molecule has 2 nitrogen and oxygen atoms in total. The molecule has 100 valence electrons. The fraction of sp³-hybridized carbons (Fsp3) is 0.625. The van der Waals surface area contributed by atoms with Crippen LogP contribution in [0.25, 0.3) is 0 Å². The van der Waals surface area contributed by atoms with Crippen molar-refractivity contribution in [3.8, 4) is 0 Å². The molecule has 0 bridgehead atoms. The van der Waals surface area contributed by atoms with Gasteiger partial charge in [0.05, 0.1) is 0 Å². The second kappa shape index (κ2) is 4.93. The molecule has 2 heteroatoms. The van der Waals surface area contributed by atoms with E-state index in [1.165, 1.54) is 16.8 Å². The van der Waals surface area contributed by atoms with Crippen molar-refractivity contribution in [3.63, 3.8) is 0 Å². The molecule has 1 fully saturated rings. The zero-order valence-electron chi connectivity index (χ0n) is 12.5. The summed E-state index contributed by atoms with van der Waals surface area (Å²) in [4.78, 5) is 5.09. The van der Waals surface area contributed by atoms with Crippen LogP contribution in [-0.2, 0) is 0 Å². The van der Waals surface area contributed by atoms with Gasteiger partial charge in [-0.1, -0.05) is 6.07 Å². The Hall–Kier alpha value is -1.02. The number of benzene rings is 1. The highest BCUT2D eigenvalue weighted by Gasteiger charge is 2.25. The lowest BCUT2D eigenvalue weighted by atomic mass is 10.0. The van der Waals surface area contributed by atoms with Crippen LogP contribution in [-0.4, -0.2) is 36.6 Å². The summed E-state index contributed by atoms with van der Waals surface area (Å²) in [5.74, 6) is 0. The lowest BCUT2D eigenvalue weighted by Gasteiger charge is -2.43. The Bertz CT molecular complexity index is 389. The third-order valence-electron chi connectivity index (χ3n) is 3.80. The maximum atomic E-state index is 2.58. The summed E-state index contributed by atoms with van der Waals surface area (Å²) in [6, 6.07) is 6.86. The van der Waals surface area contributed by atoms with Gasteiger partial charge in [0.15, 0.2) is 0 Å². The van der Waals surface area contributed by atoms with Crippen molar-refractivity contribution < 1.29 is 0 Å². The third kappa shape index (κ3) is 3.05. The largest absolute Gasteiger partial charge is 0.369 e. The van der Waals surface area contributed by atoms with Crippen molar-refractivity contribution in [1.29, 1.82) is 0 Å². The van der Waals surface area contributed by atoms with Crippen LogP contribution in [0.4, 0.5) is 5.69 Å². The van der Waals surface area contributed by atoms with Crippen molar-refractivity contribution in [2.75, 3.05) is 31.1 Å². The van der Waals surface area contributed by atoms with Gasteiger partial charge in [-0.05, 0) is 57.9 Å². The third-order valence-corrected chi connectivity index (χ3v) is 3.80. The summed E-state index contributed by atoms with van der Waals surface area (Å²) in [5.41, 5.74) is 4.42. The van der Waals surface area contributed by atoms with Crippen molar-refractivity contribution in [3.05, 3.63) is 29.3 Å². The fourth-order valence-corrected chi connectivity index (χ4v) is 2.77. The number of hydrogen-bond acceptors (Lipinski definition) is 2. The van der Waals surface area contributed by atoms with Gasteiger partial charge < -0.3 is 4.90 Å². The van der Waals surface area contributed by atoms with Crippen LogP contribution in [0.15, 0.2) is 18.2 Å². The Morgan fingerprint density at radius 1 is 0.833 bits per heavy atom. The summed E-state index contributed by atoms with van der Waals surface area (Å²) in [6.07, 6.45) is 0. The Labute approximate surface area is 112 Å². The van der Waals surface area contributed by atoms with E-state index >= 15 is 0 Å². The Kier molecular flexibility index (Phi) is 3.67. The number of anilines is 1. The monoisotopic (exact) mass is 246 g/mol. The molecule has 0 saturated carbocycles. The van der Waals surface area contributed by atoms with Gasteiger partial charge in [0.25, 0.3) is 0 Å². The number of nitrogens with zero attached hydrogens (tertiary/aromatic N) is 2. The smallest absolute Gasteiger partial charge is 0.0372 e. The van der Waals surface area contributed by atoms with Crippen molar-refractivity contribution in [2.24, 2.45) is 0 Å². The molecule has 0 aromatic heterocycles. The van der Waals surface area contributed by atoms with E-state index in [2.05, 4.69) is 62.6 Å². The molecule has 0 N–H and O–H groups in total. The highest BCUT2D eigenvalue weighted by atomic mass is 15.3. The van der Waals surface area contributed by atoms with Gasteiger partial charge in [-0.2, -0.15) is 0 Å². The molecule has 0 unspecified atom stereocenters. The lowest BCUT2D eigenvalue weighted by molar-refractivity contribution is 0.128. The average Bonchev–Trinajstić information content (AvgIpc) is 2.27. The van der Waals surface area contributed by atoms with Crippen LogP contribution < -0.4 is 4.90 Å². The second-order valence-electron chi connectivity index (χ2n) is 6.49. The Morgan fingerprint density at radius 3 is 1.78 bits per heavy atom.